The molecule has 1 fully saturated rings. The smallest absolute Gasteiger partial charge is 0.223 e. The van der Waals surface area contributed by atoms with Gasteiger partial charge in [0.05, 0.1) is 137 Å². The highest BCUT2D eigenvalue weighted by atomic mass is 32.1. The van der Waals surface area contributed by atoms with E-state index < -0.39 is 0 Å². The standard InChI is InChI=1S/C24H20N6OS.C23H27N7.C21H24N6O.C18H18N6.C17H14N4S/c1-13-10-14(8-9-25-13)28-24-26-12-20(32-24)23(31)22-16-5-3-2-4-15(16)21-17-11-27-30-18(17)6-7-19(21)29-22;1-14-17(13-24-26-14)22-16-6-4-3-5-15(16)20-18(25-22)7-8-19-21(20)23(28-27-19)30-11-9-29(2)10-12-30;1-12-15(11-22-24-12)20-14-6-4-3-5-13(14)18-16(23-20)7-8-17-19(18)21(26-25-17)27(2)9-10-28;1-9-12(8-20-22-9)17-11-5-3-2-4-10(11)15-13(21-17)6-7-14-16(15)18(19)24-23-14;1-2-4-11-10(3-1)15-12-9-19-21-13(12)5-6-14(15)20-16(11)17-18-7-8-22-17/h6-12H,2-5H2,1H3,(H,27,30)(H,25,26,28);7-8,13H,3-6,9-12H2,1-2H3,(H,24,26)(H,27,28);7-8,11,28H,3-6,9-10H2,1-2H3,(H,22,24)(H,25,26);6-8H,2-5H2,1H3,(H,20,22)(H3,19,23,24);5-9H,1-4H2,(H,19,21). The highest BCUT2D eigenvalue weighted by Crippen LogP contribution is 2.47. The number of nitrogens with one attached hydrogen (secondary N) is 9. The second-order valence-corrected chi connectivity index (χ2v) is 38.6. The first-order valence-electron chi connectivity index (χ1n) is 47.4. The summed E-state index contributed by atoms with van der Waals surface area (Å²) >= 11 is 3.02. The van der Waals surface area contributed by atoms with Crippen molar-refractivity contribution in [3.05, 3.63) is 217 Å². The number of H-pyrrole nitrogens is 8. The van der Waals surface area contributed by atoms with E-state index in [9.17, 15) is 9.90 Å². The van der Waals surface area contributed by atoms with Gasteiger partial charge in [-0.2, -0.15) is 40.8 Å². The number of aryl methyl sites for hydroxylation is 9. The van der Waals surface area contributed by atoms with Gasteiger partial charge in [0.15, 0.2) is 22.6 Å². The van der Waals surface area contributed by atoms with E-state index >= 15 is 0 Å². The quantitative estimate of drug-likeness (QED) is 0.0506. The van der Waals surface area contributed by atoms with Crippen molar-refractivity contribution < 1.29 is 9.90 Å². The average Bonchev–Trinajstić information content (AvgIpc) is 1.52. The Kier molecular flexibility index (Phi) is 22.6. The number of hydrogen-bond acceptors (Lipinski definition) is 25. The molecule has 136 heavy (non-hydrogen) atoms. The number of ketones is 1. The molecule has 0 radical (unpaired) electrons. The molecular formula is C103H103N29O2S2. The third-order valence-corrected chi connectivity index (χ3v) is 30.0. The Morgan fingerprint density at radius 1 is 0.441 bits per heavy atom. The Balaban J connectivity index is 0.0000000961. The second-order valence-electron chi connectivity index (χ2n) is 36.7. The number of likely N-dealkylation sites (N-methyl/N-ethyl adjacent to an activating group) is 2. The number of fused-ring (bicyclic) bond motifs is 25. The zero-order valence-electron chi connectivity index (χ0n) is 76.8. The normalized spacial score (nSPS) is 14.8. The van der Waals surface area contributed by atoms with Crippen LogP contribution in [-0.2, 0) is 64.2 Å². The summed E-state index contributed by atoms with van der Waals surface area (Å²) in [6.45, 7) is 12.9. The number of anilines is 5. The summed E-state index contributed by atoms with van der Waals surface area (Å²) < 4.78 is 0. The van der Waals surface area contributed by atoms with Crippen LogP contribution in [0.2, 0.25) is 0 Å². The van der Waals surface area contributed by atoms with Crippen molar-refractivity contribution in [2.45, 2.75) is 156 Å². The molecule has 0 atom stereocenters. The van der Waals surface area contributed by atoms with Crippen LogP contribution in [0, 0.1) is 27.7 Å². The Hall–Kier alpha value is -14.7. The highest BCUT2D eigenvalue weighted by molar-refractivity contribution is 7.17. The van der Waals surface area contributed by atoms with Crippen LogP contribution in [0.15, 0.2) is 128 Å². The van der Waals surface area contributed by atoms with Gasteiger partial charge in [0.25, 0.3) is 0 Å². The molecule has 21 aromatic rings. The number of nitrogen functional groups attached to an aromatic ring is 1. The van der Waals surface area contributed by atoms with Crippen LogP contribution in [0.5, 0.6) is 0 Å². The number of aliphatic hydroxyl groups is 1. The zero-order valence-corrected chi connectivity index (χ0v) is 78.4. The topological polar surface area (TPSA) is 418 Å². The number of nitrogens with zero attached hydrogens (tertiary/aromatic N) is 19. The van der Waals surface area contributed by atoms with E-state index in [0.29, 0.717) is 28.1 Å². The molecule has 12 N–H and O–H groups in total. The first-order chi connectivity index (χ1) is 66.7. The van der Waals surface area contributed by atoms with Gasteiger partial charge in [-0.25, -0.2) is 34.9 Å². The Bertz CT molecular complexity index is 8190. The third-order valence-electron chi connectivity index (χ3n) is 28.3. The first kappa shape index (κ1) is 85.5. The maximum atomic E-state index is 13.5. The van der Waals surface area contributed by atoms with Crippen LogP contribution in [0.1, 0.15) is 158 Å². The van der Waals surface area contributed by atoms with Gasteiger partial charge < -0.3 is 30.9 Å². The molecule has 31 nitrogen and oxygen atoms in total. The molecule has 16 aromatic heterocycles. The van der Waals surface area contributed by atoms with Gasteiger partial charge in [-0.05, 0) is 292 Å². The number of hydrogen-bond donors (Lipinski definition) is 11. The number of rotatable bonds is 12. The van der Waals surface area contributed by atoms with Gasteiger partial charge in [0.2, 0.25) is 5.78 Å². The number of carbonyl (C=O) groups excluding carboxylic acids is 1. The van der Waals surface area contributed by atoms with Crippen molar-refractivity contribution in [2.75, 3.05) is 74.3 Å². The summed E-state index contributed by atoms with van der Waals surface area (Å²) in [6.07, 6.45) is 37.0. The van der Waals surface area contributed by atoms with E-state index in [1.165, 1.54) is 145 Å². The number of aromatic amines is 8. The molecule has 0 spiro atoms. The fourth-order valence-electron chi connectivity index (χ4n) is 21.7. The van der Waals surface area contributed by atoms with Gasteiger partial charge in [-0.15, -0.1) is 11.3 Å². The van der Waals surface area contributed by atoms with Crippen LogP contribution in [0.4, 0.5) is 28.3 Å². The van der Waals surface area contributed by atoms with Gasteiger partial charge in [0, 0.05) is 140 Å². The number of pyridine rings is 6. The number of aliphatic hydroxyl groups excluding tert-OH is 1. The molecule has 0 bridgehead atoms. The molecule has 5 aromatic carbocycles. The third kappa shape index (κ3) is 15.4. The molecule has 33 heteroatoms. The molecule has 5 aliphatic carbocycles. The van der Waals surface area contributed by atoms with E-state index in [4.69, 9.17) is 35.8 Å². The summed E-state index contributed by atoms with van der Waals surface area (Å²) in [5.41, 5.74) is 42.9. The van der Waals surface area contributed by atoms with Crippen LogP contribution < -0.4 is 20.9 Å². The van der Waals surface area contributed by atoms with Gasteiger partial charge in [0.1, 0.15) is 16.4 Å². The summed E-state index contributed by atoms with van der Waals surface area (Å²) in [4.78, 5) is 59.2. The lowest BCUT2D eigenvalue weighted by molar-refractivity contribution is 0.103. The molecular weight excluding hydrogens is 1740 g/mol. The minimum Gasteiger partial charge on any atom is -0.395 e. The summed E-state index contributed by atoms with van der Waals surface area (Å²) in [5.74, 6) is 2.45. The maximum absolute atomic E-state index is 13.5. The number of thiazole rings is 2. The Morgan fingerprint density at radius 2 is 0.882 bits per heavy atom. The molecule has 27 rings (SSSR count). The SMILES string of the molecule is Cc1[nH]ncc1-c1nc2ccc3[nH]nc(N(C)CCO)c3c2c2c1CCCC2.Cc1[nH]ncc1-c1nc2ccc3[nH]nc(N)c3c2c2c1CCCC2.Cc1[nH]ncc1-c1nc2ccc3[nH]nc(N4CCN(C)CC4)c3c2c2c1CCCC2.Cc1cc(Nc2ncc(C(=O)c3nc4ccc5[nH]ncc5c4c4c3CCCC4)s2)ccn1.c1csc(-c2nc3ccc4[nH]ncc4c3c3c2CCCC3)n1. The number of piperazine rings is 1. The van der Waals surface area contributed by atoms with Crippen molar-refractivity contribution in [3.8, 4) is 44.5 Å². The zero-order chi connectivity index (χ0) is 91.9. The highest BCUT2D eigenvalue weighted by Gasteiger charge is 2.33. The summed E-state index contributed by atoms with van der Waals surface area (Å²) in [7, 11) is 4.16. The van der Waals surface area contributed by atoms with Crippen molar-refractivity contribution >= 4 is 166 Å². The molecule has 1 aliphatic heterocycles. The minimum absolute atomic E-state index is 0.0613. The lowest BCUT2D eigenvalue weighted by Crippen LogP contribution is -2.44. The fraction of sp³-hybridized carbons (Fsp3) is 0.311. The predicted molar refractivity (Wildman–Crippen MR) is 541 cm³/mol. The average molecular weight is 1840 g/mol. The molecule has 0 unspecified atom stereocenters. The van der Waals surface area contributed by atoms with Crippen LogP contribution in [-0.4, -0.2) is 191 Å². The number of benzene rings is 5. The molecule has 1 saturated heterocycles. The van der Waals surface area contributed by atoms with Crippen molar-refractivity contribution in [1.82, 2.24) is 126 Å². The van der Waals surface area contributed by atoms with Crippen molar-refractivity contribution in [3.63, 3.8) is 0 Å². The van der Waals surface area contributed by atoms with Crippen molar-refractivity contribution in [1.29, 1.82) is 0 Å². The molecule has 0 saturated carbocycles. The number of aromatic nitrogens is 24. The van der Waals surface area contributed by atoms with E-state index in [2.05, 4.69) is 163 Å². The van der Waals surface area contributed by atoms with Gasteiger partial charge >= 0.3 is 0 Å². The monoisotopic (exact) mass is 1840 g/mol. The molecule has 0 amide bonds. The predicted octanol–water partition coefficient (Wildman–Crippen LogP) is 19.1. The maximum Gasteiger partial charge on any atom is 0.223 e. The number of carbonyl (C=O) groups is 1. The number of nitrogens with two attached hydrogens (primary N) is 1. The minimum atomic E-state index is -0.0613. The molecule has 684 valence electrons. The summed E-state index contributed by atoms with van der Waals surface area (Å²) in [6, 6.07) is 24.4. The molecule has 6 aliphatic rings. The van der Waals surface area contributed by atoms with Gasteiger partial charge in [-0.1, -0.05) is 11.3 Å². The Labute approximate surface area is 788 Å². The first-order valence-corrected chi connectivity index (χ1v) is 49.1. The second kappa shape index (κ2) is 35.9. The van der Waals surface area contributed by atoms with E-state index in [1.54, 1.807) is 23.7 Å². The lowest BCUT2D eigenvalue weighted by Gasteiger charge is -2.33. The largest absolute Gasteiger partial charge is 0.395 e. The van der Waals surface area contributed by atoms with E-state index in [1.807, 2.05) is 106 Å². The van der Waals surface area contributed by atoms with Crippen LogP contribution in [0.3, 0.4) is 0 Å². The van der Waals surface area contributed by atoms with Crippen molar-refractivity contribution in [2.24, 2.45) is 0 Å². The van der Waals surface area contributed by atoms with Gasteiger partial charge in [-0.3, -0.25) is 50.6 Å². The molecule has 17 heterocycles. The Morgan fingerprint density at radius 3 is 1.40 bits per heavy atom. The van der Waals surface area contributed by atoms with E-state index in [-0.39, 0.29) is 12.4 Å². The van der Waals surface area contributed by atoms with Crippen LogP contribution in [0.25, 0.3) is 154 Å². The van der Waals surface area contributed by atoms with E-state index in [0.717, 1.165) is 270 Å². The summed E-state index contributed by atoms with van der Waals surface area (Å²) in [5, 5.41) is 87.4. The lowest BCUT2D eigenvalue weighted by atomic mass is 9.85. The fourth-order valence-corrected chi connectivity index (χ4v) is 23.1. The van der Waals surface area contributed by atoms with Crippen LogP contribution >= 0.6 is 22.7 Å².